The van der Waals surface area contributed by atoms with Crippen LogP contribution in [0.25, 0.3) is 0 Å². The number of hydrogen-bond donors (Lipinski definition) is 0. The Morgan fingerprint density at radius 1 is 1.14 bits per heavy atom. The zero-order valence-corrected chi connectivity index (χ0v) is 11.4. The molecular weight excluding hydrogens is 274 g/mol. The number of carbonyl (C=O) groups is 2. The summed E-state index contributed by atoms with van der Waals surface area (Å²) < 4.78 is 0. The van der Waals surface area contributed by atoms with Gasteiger partial charge in [-0.3, -0.25) is 29.5 Å². The van der Waals surface area contributed by atoms with Crippen molar-refractivity contribution >= 4 is 23.1 Å². The molecular formula is C14H15N3O4. The molecule has 0 radical (unpaired) electrons. The molecule has 0 spiro atoms. The number of nitro benzene ring substituents is 1. The van der Waals surface area contributed by atoms with Gasteiger partial charge in [0.25, 0.3) is 11.5 Å². The second-order valence-electron chi connectivity index (χ2n) is 5.34. The molecule has 0 N–H and O–H groups in total. The van der Waals surface area contributed by atoms with Gasteiger partial charge in [-0.2, -0.15) is 0 Å². The predicted octanol–water partition coefficient (Wildman–Crippen LogP) is 1.57. The first kappa shape index (κ1) is 13.7. The first-order chi connectivity index (χ1) is 10.1. The third-order valence-electron chi connectivity index (χ3n) is 3.96. The summed E-state index contributed by atoms with van der Waals surface area (Å²) in [5, 5.41) is 10.8. The van der Waals surface area contributed by atoms with Crippen molar-refractivity contribution in [1.29, 1.82) is 0 Å². The van der Waals surface area contributed by atoms with Crippen molar-refractivity contribution in [3.8, 4) is 0 Å². The normalized spacial score (nSPS) is 19.0. The Morgan fingerprint density at radius 2 is 1.86 bits per heavy atom. The zero-order valence-electron chi connectivity index (χ0n) is 11.4. The second kappa shape index (κ2) is 5.25. The number of Topliss-reactive ketones (excluding diaryl/α,β-unsaturated/α-hetero) is 1. The molecule has 2 aliphatic heterocycles. The number of non-ortho nitro benzene ring substituents is 1. The number of carbonyl (C=O) groups excluding carboxylic acids is 2. The van der Waals surface area contributed by atoms with Crippen molar-refractivity contribution in [2.24, 2.45) is 0 Å². The lowest BCUT2D eigenvalue weighted by molar-refractivity contribution is -0.384. The van der Waals surface area contributed by atoms with E-state index >= 15 is 0 Å². The van der Waals surface area contributed by atoms with Crippen LogP contribution in [-0.2, 0) is 4.79 Å². The van der Waals surface area contributed by atoms with Crippen LogP contribution in [0.4, 0.5) is 11.4 Å². The van der Waals surface area contributed by atoms with Gasteiger partial charge in [-0.15, -0.1) is 0 Å². The van der Waals surface area contributed by atoms with Crippen LogP contribution < -0.4 is 4.90 Å². The minimum Gasteiger partial charge on any atom is -0.291 e. The van der Waals surface area contributed by atoms with E-state index in [0.717, 1.165) is 25.9 Å². The minimum absolute atomic E-state index is 0.131. The van der Waals surface area contributed by atoms with Crippen LogP contribution in [0.5, 0.6) is 0 Å². The van der Waals surface area contributed by atoms with Gasteiger partial charge in [0.1, 0.15) is 0 Å². The fourth-order valence-electron chi connectivity index (χ4n) is 2.84. The number of benzene rings is 1. The van der Waals surface area contributed by atoms with Crippen molar-refractivity contribution in [2.75, 3.05) is 24.7 Å². The van der Waals surface area contributed by atoms with E-state index in [1.165, 1.54) is 29.5 Å². The SMILES string of the molecule is O=C1C(=O)N(CN2CCCCC2)c2ccc([N+](=O)[O-])cc21. The molecule has 0 unspecified atom stereocenters. The molecule has 3 rings (SSSR count). The van der Waals surface area contributed by atoms with Gasteiger partial charge in [0.15, 0.2) is 0 Å². The molecule has 7 nitrogen and oxygen atoms in total. The molecule has 0 saturated carbocycles. The molecule has 0 aromatic heterocycles. The van der Waals surface area contributed by atoms with Crippen molar-refractivity contribution in [1.82, 2.24) is 4.90 Å². The molecule has 2 heterocycles. The first-order valence-electron chi connectivity index (χ1n) is 6.95. The van der Waals surface area contributed by atoms with E-state index < -0.39 is 16.6 Å². The van der Waals surface area contributed by atoms with E-state index in [0.29, 0.717) is 12.4 Å². The largest absolute Gasteiger partial charge is 0.300 e. The zero-order chi connectivity index (χ0) is 15.0. The molecule has 7 heteroatoms. The molecule has 1 aromatic rings. The smallest absolute Gasteiger partial charge is 0.291 e. The van der Waals surface area contributed by atoms with Crippen molar-refractivity contribution in [2.45, 2.75) is 19.3 Å². The predicted molar refractivity (Wildman–Crippen MR) is 75.2 cm³/mol. The van der Waals surface area contributed by atoms with E-state index in [1.807, 2.05) is 0 Å². The van der Waals surface area contributed by atoms with Gasteiger partial charge in [0.05, 0.1) is 22.8 Å². The van der Waals surface area contributed by atoms with Gasteiger partial charge >= 0.3 is 5.91 Å². The van der Waals surface area contributed by atoms with E-state index in [9.17, 15) is 19.7 Å². The summed E-state index contributed by atoms with van der Waals surface area (Å²) in [5.74, 6) is -1.26. The lowest BCUT2D eigenvalue weighted by Gasteiger charge is -2.30. The number of likely N-dealkylation sites (tertiary alicyclic amines) is 1. The Balaban J connectivity index is 1.88. The molecule has 1 fully saturated rings. The molecule has 0 bridgehead atoms. The maximum absolute atomic E-state index is 12.1. The number of rotatable bonds is 3. The topological polar surface area (TPSA) is 83.8 Å². The summed E-state index contributed by atoms with van der Waals surface area (Å²) in [6.45, 7) is 2.18. The van der Waals surface area contributed by atoms with Crippen LogP contribution in [0, 0.1) is 10.1 Å². The highest BCUT2D eigenvalue weighted by Crippen LogP contribution is 2.32. The molecule has 2 aliphatic rings. The molecule has 1 amide bonds. The molecule has 1 saturated heterocycles. The van der Waals surface area contributed by atoms with E-state index in [1.54, 1.807) is 0 Å². The van der Waals surface area contributed by atoms with Crippen LogP contribution >= 0.6 is 0 Å². The maximum Gasteiger partial charge on any atom is 0.300 e. The minimum atomic E-state index is -0.661. The van der Waals surface area contributed by atoms with Gasteiger partial charge < -0.3 is 0 Å². The molecule has 21 heavy (non-hydrogen) atoms. The van der Waals surface area contributed by atoms with Crippen molar-refractivity contribution in [3.05, 3.63) is 33.9 Å². The number of fused-ring (bicyclic) bond motifs is 1. The molecule has 0 atom stereocenters. The average Bonchev–Trinajstić information content (AvgIpc) is 2.73. The number of anilines is 1. The number of ketones is 1. The standard InChI is InChI=1S/C14H15N3O4/c18-13-11-8-10(17(20)21)4-5-12(11)16(14(13)19)9-15-6-2-1-3-7-15/h4-5,8H,1-3,6-7,9H2. The summed E-state index contributed by atoms with van der Waals surface area (Å²) in [7, 11) is 0. The van der Waals surface area contributed by atoms with Crippen molar-refractivity contribution < 1.29 is 14.5 Å². The van der Waals surface area contributed by atoms with Crippen LogP contribution in [0.2, 0.25) is 0 Å². The summed E-state index contributed by atoms with van der Waals surface area (Å²) in [6, 6.07) is 4.00. The Kier molecular flexibility index (Phi) is 3.42. The van der Waals surface area contributed by atoms with E-state index in [2.05, 4.69) is 4.90 Å². The van der Waals surface area contributed by atoms with E-state index in [-0.39, 0.29) is 11.3 Å². The highest BCUT2D eigenvalue weighted by molar-refractivity contribution is 6.52. The molecule has 0 aliphatic carbocycles. The van der Waals surface area contributed by atoms with E-state index in [4.69, 9.17) is 0 Å². The third kappa shape index (κ3) is 2.40. The fourth-order valence-corrected chi connectivity index (χ4v) is 2.84. The van der Waals surface area contributed by atoms with Gasteiger partial charge in [0.2, 0.25) is 0 Å². The molecule has 110 valence electrons. The van der Waals surface area contributed by atoms with Gasteiger partial charge in [-0.05, 0) is 32.0 Å². The molecule has 1 aromatic carbocycles. The first-order valence-corrected chi connectivity index (χ1v) is 6.95. The number of nitro groups is 1. The van der Waals surface area contributed by atoms with Crippen LogP contribution in [-0.4, -0.2) is 41.3 Å². The van der Waals surface area contributed by atoms with Crippen LogP contribution in [0.15, 0.2) is 18.2 Å². The number of nitrogens with zero attached hydrogens (tertiary/aromatic N) is 3. The van der Waals surface area contributed by atoms with Gasteiger partial charge in [0, 0.05) is 12.1 Å². The third-order valence-corrected chi connectivity index (χ3v) is 3.96. The monoisotopic (exact) mass is 289 g/mol. The maximum atomic E-state index is 12.1. The number of piperidine rings is 1. The lowest BCUT2D eigenvalue weighted by Crippen LogP contribution is -2.43. The Labute approximate surface area is 121 Å². The fraction of sp³-hybridized carbons (Fsp3) is 0.429. The quantitative estimate of drug-likeness (QED) is 0.479. The summed E-state index contributed by atoms with van der Waals surface area (Å²) in [6.07, 6.45) is 3.36. The summed E-state index contributed by atoms with van der Waals surface area (Å²) in [5.41, 5.74) is 0.433. The summed E-state index contributed by atoms with van der Waals surface area (Å²) >= 11 is 0. The van der Waals surface area contributed by atoms with Crippen molar-refractivity contribution in [3.63, 3.8) is 0 Å². The highest BCUT2D eigenvalue weighted by Gasteiger charge is 2.37. The highest BCUT2D eigenvalue weighted by atomic mass is 16.6. The van der Waals surface area contributed by atoms with Gasteiger partial charge in [-0.1, -0.05) is 6.42 Å². The van der Waals surface area contributed by atoms with Crippen LogP contribution in [0.1, 0.15) is 29.6 Å². The summed E-state index contributed by atoms with van der Waals surface area (Å²) in [4.78, 5) is 37.9. The number of hydrogen-bond acceptors (Lipinski definition) is 5. The average molecular weight is 289 g/mol. The Bertz CT molecular complexity index is 623. The Morgan fingerprint density at radius 3 is 2.52 bits per heavy atom. The van der Waals surface area contributed by atoms with Crippen LogP contribution in [0.3, 0.4) is 0 Å². The van der Waals surface area contributed by atoms with Gasteiger partial charge in [-0.25, -0.2) is 0 Å². The second-order valence-corrected chi connectivity index (χ2v) is 5.34. The lowest BCUT2D eigenvalue weighted by atomic mass is 10.1. The Hall–Kier alpha value is -2.28. The number of amides is 1.